The molecule has 1 aromatic rings. The maximum absolute atomic E-state index is 13.4. The van der Waals surface area contributed by atoms with Gasteiger partial charge < -0.3 is 20.1 Å². The van der Waals surface area contributed by atoms with Gasteiger partial charge in [0.25, 0.3) is 0 Å². The average Bonchev–Trinajstić information content (AvgIpc) is 2.68. The number of halogens is 1. The molecule has 0 aromatic carbocycles. The minimum absolute atomic E-state index is 0.398. The Hall–Kier alpha value is -1.57. The van der Waals surface area contributed by atoms with Crippen LogP contribution in [0, 0.1) is 22.8 Å². The molecule has 1 fully saturated rings. The monoisotopic (exact) mass is 302 g/mol. The molecular formula is C11H11FN2O5S. The number of aromatic nitrogens is 2. The Morgan fingerprint density at radius 3 is 2.80 bits per heavy atom. The van der Waals surface area contributed by atoms with E-state index in [0.29, 0.717) is 4.57 Å². The molecule has 2 heterocycles. The second-order valence-corrected chi connectivity index (χ2v) is 4.69. The van der Waals surface area contributed by atoms with E-state index in [1.807, 2.05) is 10.9 Å². The van der Waals surface area contributed by atoms with E-state index in [0.717, 1.165) is 6.20 Å². The van der Waals surface area contributed by atoms with Crippen LogP contribution in [0.2, 0.25) is 0 Å². The molecule has 2 rings (SSSR count). The lowest BCUT2D eigenvalue weighted by molar-refractivity contribution is -0.0938. The Balaban J connectivity index is 2.51. The minimum atomic E-state index is -1.87. The second-order valence-electron chi connectivity index (χ2n) is 4.28. The molecule has 0 saturated carbocycles. The molecule has 1 saturated heterocycles. The van der Waals surface area contributed by atoms with E-state index in [-0.39, 0.29) is 0 Å². The van der Waals surface area contributed by atoms with Crippen molar-refractivity contribution in [2.45, 2.75) is 24.0 Å². The van der Waals surface area contributed by atoms with Crippen molar-refractivity contribution < 1.29 is 24.4 Å². The lowest BCUT2D eigenvalue weighted by atomic mass is 9.97. The van der Waals surface area contributed by atoms with Gasteiger partial charge in [0.05, 0.1) is 12.8 Å². The van der Waals surface area contributed by atoms with E-state index in [2.05, 4.69) is 12.2 Å². The SMILES string of the molecule is C#CC1(CO)OC(n2cc(F)c(=S)[nH]c2=O)C(O)C1O. The van der Waals surface area contributed by atoms with Gasteiger partial charge >= 0.3 is 5.69 Å². The zero-order valence-corrected chi connectivity index (χ0v) is 10.8. The Kier molecular flexibility index (Phi) is 3.77. The first-order chi connectivity index (χ1) is 9.36. The number of aliphatic hydroxyl groups excluding tert-OH is 3. The number of nitrogens with one attached hydrogen (secondary N) is 1. The average molecular weight is 302 g/mol. The number of hydrogen-bond donors (Lipinski definition) is 4. The van der Waals surface area contributed by atoms with E-state index in [1.54, 1.807) is 0 Å². The van der Waals surface area contributed by atoms with Crippen LogP contribution in [-0.2, 0) is 4.74 Å². The van der Waals surface area contributed by atoms with Gasteiger partial charge in [0.1, 0.15) is 16.8 Å². The summed E-state index contributed by atoms with van der Waals surface area (Å²) in [6.07, 6.45) is 1.18. The number of ether oxygens (including phenoxy) is 1. The van der Waals surface area contributed by atoms with Crippen molar-refractivity contribution >= 4 is 12.2 Å². The van der Waals surface area contributed by atoms with E-state index in [4.69, 9.17) is 11.2 Å². The summed E-state index contributed by atoms with van der Waals surface area (Å²) in [5.74, 6) is 1.12. The van der Waals surface area contributed by atoms with Crippen LogP contribution in [0.3, 0.4) is 0 Å². The quantitative estimate of drug-likeness (QED) is 0.398. The smallest absolute Gasteiger partial charge is 0.328 e. The Morgan fingerprint density at radius 2 is 2.30 bits per heavy atom. The molecular weight excluding hydrogens is 291 g/mol. The maximum Gasteiger partial charge on any atom is 0.328 e. The Bertz CT molecular complexity index is 681. The first-order valence-electron chi connectivity index (χ1n) is 5.50. The third kappa shape index (κ3) is 2.07. The number of H-pyrrole nitrogens is 1. The summed E-state index contributed by atoms with van der Waals surface area (Å²) in [6, 6.07) is 0. The Labute approximate surface area is 117 Å². The third-order valence-electron chi connectivity index (χ3n) is 3.10. The zero-order valence-electron chi connectivity index (χ0n) is 9.99. The van der Waals surface area contributed by atoms with Gasteiger partial charge in [0.15, 0.2) is 17.6 Å². The van der Waals surface area contributed by atoms with Gasteiger partial charge in [0.2, 0.25) is 0 Å². The molecule has 0 bridgehead atoms. The fourth-order valence-electron chi connectivity index (χ4n) is 1.95. The van der Waals surface area contributed by atoms with Gasteiger partial charge in [-0.2, -0.15) is 0 Å². The zero-order chi connectivity index (χ0) is 15.1. The fraction of sp³-hybridized carbons (Fsp3) is 0.455. The minimum Gasteiger partial charge on any atom is -0.392 e. The second kappa shape index (κ2) is 5.08. The lowest BCUT2D eigenvalue weighted by Crippen LogP contribution is -2.45. The standard InChI is InChI=1S/C11H11FN2O5S/c1-2-11(4-15)7(17)6(16)9(19-11)14-3-5(12)8(20)13-10(14)18/h1,3,6-7,9,15-17H,4H2,(H,13,18,20). The van der Waals surface area contributed by atoms with Gasteiger partial charge in [-0.3, -0.25) is 9.55 Å². The van der Waals surface area contributed by atoms with E-state index >= 15 is 0 Å². The number of rotatable bonds is 2. The highest BCUT2D eigenvalue weighted by Gasteiger charge is 2.54. The van der Waals surface area contributed by atoms with Crippen molar-refractivity contribution in [1.82, 2.24) is 9.55 Å². The predicted molar refractivity (Wildman–Crippen MR) is 66.6 cm³/mol. The summed E-state index contributed by atoms with van der Waals surface area (Å²) in [5.41, 5.74) is -2.72. The third-order valence-corrected chi connectivity index (χ3v) is 3.40. The normalized spacial score (nSPS) is 33.0. The number of aromatic amines is 1. The highest BCUT2D eigenvalue weighted by molar-refractivity contribution is 7.71. The summed E-state index contributed by atoms with van der Waals surface area (Å²) in [7, 11) is 0. The highest BCUT2D eigenvalue weighted by Crippen LogP contribution is 2.35. The molecule has 1 aromatic heterocycles. The van der Waals surface area contributed by atoms with Gasteiger partial charge in [-0.25, -0.2) is 9.18 Å². The first kappa shape index (κ1) is 14.8. The van der Waals surface area contributed by atoms with Gasteiger partial charge in [0, 0.05) is 0 Å². The van der Waals surface area contributed by atoms with Crippen LogP contribution in [0.25, 0.3) is 0 Å². The van der Waals surface area contributed by atoms with Crippen molar-refractivity contribution in [3.63, 3.8) is 0 Å². The number of terminal acetylenes is 1. The summed E-state index contributed by atoms with van der Waals surface area (Å²) < 4.78 is 18.9. The van der Waals surface area contributed by atoms with Crippen LogP contribution in [0.5, 0.6) is 0 Å². The molecule has 0 amide bonds. The molecule has 0 radical (unpaired) electrons. The lowest BCUT2D eigenvalue weighted by Gasteiger charge is -2.23. The fourth-order valence-corrected chi connectivity index (χ4v) is 2.09. The first-order valence-corrected chi connectivity index (χ1v) is 5.90. The molecule has 20 heavy (non-hydrogen) atoms. The largest absolute Gasteiger partial charge is 0.392 e. The van der Waals surface area contributed by atoms with E-state index in [9.17, 15) is 24.5 Å². The molecule has 1 aliphatic rings. The summed E-state index contributed by atoms with van der Waals surface area (Å²) in [5, 5.41) is 28.9. The van der Waals surface area contributed by atoms with Gasteiger partial charge in [-0.05, 0) is 0 Å². The molecule has 108 valence electrons. The molecule has 4 unspecified atom stereocenters. The highest BCUT2D eigenvalue weighted by atomic mass is 32.1. The summed E-state index contributed by atoms with van der Waals surface area (Å²) in [6.45, 7) is -0.779. The van der Waals surface area contributed by atoms with Crippen LogP contribution in [-0.4, -0.2) is 49.3 Å². The van der Waals surface area contributed by atoms with E-state index < -0.39 is 46.8 Å². The van der Waals surface area contributed by atoms with Crippen molar-refractivity contribution in [2.24, 2.45) is 0 Å². The van der Waals surface area contributed by atoms with Crippen LogP contribution < -0.4 is 5.69 Å². The predicted octanol–water partition coefficient (Wildman–Crippen LogP) is -1.34. The Morgan fingerprint density at radius 1 is 1.65 bits per heavy atom. The molecule has 0 spiro atoms. The summed E-state index contributed by atoms with van der Waals surface area (Å²) >= 11 is 4.55. The molecule has 4 N–H and O–H groups in total. The van der Waals surface area contributed by atoms with Crippen LogP contribution in [0.4, 0.5) is 4.39 Å². The molecule has 1 aliphatic heterocycles. The molecule has 9 heteroatoms. The van der Waals surface area contributed by atoms with Crippen molar-refractivity contribution in [1.29, 1.82) is 0 Å². The van der Waals surface area contributed by atoms with Crippen molar-refractivity contribution in [3.8, 4) is 12.3 Å². The number of nitrogens with zero attached hydrogens (tertiary/aromatic N) is 1. The van der Waals surface area contributed by atoms with Crippen LogP contribution in [0.1, 0.15) is 6.23 Å². The van der Waals surface area contributed by atoms with Gasteiger partial charge in [-0.15, -0.1) is 6.42 Å². The topological polar surface area (TPSA) is 108 Å². The molecule has 0 aliphatic carbocycles. The van der Waals surface area contributed by atoms with Crippen LogP contribution >= 0.6 is 12.2 Å². The van der Waals surface area contributed by atoms with Gasteiger partial charge in [-0.1, -0.05) is 18.1 Å². The van der Waals surface area contributed by atoms with E-state index in [1.165, 1.54) is 0 Å². The summed E-state index contributed by atoms with van der Waals surface area (Å²) in [4.78, 5) is 13.7. The molecule has 7 nitrogen and oxygen atoms in total. The van der Waals surface area contributed by atoms with Crippen molar-refractivity contribution in [2.75, 3.05) is 6.61 Å². The number of aliphatic hydroxyl groups is 3. The van der Waals surface area contributed by atoms with Crippen LogP contribution in [0.15, 0.2) is 11.0 Å². The van der Waals surface area contributed by atoms with Crippen molar-refractivity contribution in [3.05, 3.63) is 27.1 Å². The number of hydrogen-bond acceptors (Lipinski definition) is 6. The molecule has 4 atom stereocenters. The maximum atomic E-state index is 13.4.